The summed E-state index contributed by atoms with van der Waals surface area (Å²) >= 11 is 10.6. The normalized spacial score (nSPS) is 9.84. The van der Waals surface area contributed by atoms with Gasteiger partial charge in [-0.3, -0.25) is 25.2 Å². The van der Waals surface area contributed by atoms with Crippen LogP contribution in [-0.4, -0.2) is 43.2 Å². The molecular weight excluding hydrogens is 370 g/mol. The van der Waals surface area contributed by atoms with Crippen LogP contribution in [0, 0.1) is 0 Å². The number of methoxy groups -OCH3 is 1. The number of nitrogens with one attached hydrogen (secondary N) is 3. The first-order chi connectivity index (χ1) is 11.9. The highest BCUT2D eigenvalue weighted by Gasteiger charge is 2.10. The number of carbonyl (C=O) groups is 3. The molecule has 10 heteroatoms. The molecule has 0 aliphatic rings. The third kappa shape index (κ3) is 8.99. The number of carbonyl (C=O) groups excluding carboxylic acids is 3. The average Bonchev–Trinajstić information content (AvgIpc) is 2.58. The van der Waals surface area contributed by atoms with E-state index < -0.39 is 17.8 Å². The first-order valence-electron chi connectivity index (χ1n) is 7.22. The fourth-order valence-electron chi connectivity index (χ4n) is 1.53. The minimum atomic E-state index is -0.512. The van der Waals surface area contributed by atoms with E-state index in [2.05, 4.69) is 16.2 Å². The van der Waals surface area contributed by atoms with Crippen LogP contribution in [0.15, 0.2) is 24.3 Å². The number of amides is 2. The third-order valence-electron chi connectivity index (χ3n) is 2.76. The summed E-state index contributed by atoms with van der Waals surface area (Å²) < 4.78 is 9.55. The molecule has 0 atom stereocenters. The Labute approximate surface area is 155 Å². The molecule has 0 aliphatic heterocycles. The van der Waals surface area contributed by atoms with Gasteiger partial charge in [-0.25, -0.2) is 0 Å². The Balaban J connectivity index is 2.24. The first-order valence-corrected chi connectivity index (χ1v) is 8.01. The van der Waals surface area contributed by atoms with E-state index in [0.717, 1.165) is 0 Å². The predicted molar refractivity (Wildman–Crippen MR) is 94.9 cm³/mol. The smallest absolute Gasteiger partial charge is 0.306 e. The molecule has 2 amide bonds. The number of benzene rings is 1. The molecule has 0 bridgehead atoms. The van der Waals surface area contributed by atoms with Crippen LogP contribution in [-0.2, 0) is 19.1 Å². The van der Waals surface area contributed by atoms with Crippen LogP contribution >= 0.6 is 23.8 Å². The quantitative estimate of drug-likeness (QED) is 0.277. The van der Waals surface area contributed by atoms with Crippen LogP contribution in [0.5, 0.6) is 0 Å². The second-order valence-electron chi connectivity index (χ2n) is 4.68. The zero-order chi connectivity index (χ0) is 18.7. The summed E-state index contributed by atoms with van der Waals surface area (Å²) in [7, 11) is 1.49. The molecule has 0 saturated heterocycles. The van der Waals surface area contributed by atoms with E-state index in [1.54, 1.807) is 12.1 Å². The Morgan fingerprint density at radius 3 is 2.40 bits per heavy atom. The molecule has 8 nitrogen and oxygen atoms in total. The minimum Gasteiger partial charge on any atom is -0.463 e. The van der Waals surface area contributed by atoms with Gasteiger partial charge in [0.2, 0.25) is 5.91 Å². The van der Waals surface area contributed by atoms with E-state index in [1.165, 1.54) is 19.2 Å². The van der Waals surface area contributed by atoms with Crippen molar-refractivity contribution in [2.45, 2.75) is 12.8 Å². The largest absolute Gasteiger partial charge is 0.463 e. The molecule has 0 fully saturated rings. The molecule has 0 spiro atoms. The fourth-order valence-corrected chi connectivity index (χ4v) is 1.82. The molecule has 1 rings (SSSR count). The van der Waals surface area contributed by atoms with Crippen molar-refractivity contribution in [1.29, 1.82) is 0 Å². The van der Waals surface area contributed by atoms with Crippen LogP contribution in [0.2, 0.25) is 5.02 Å². The molecule has 1 aromatic carbocycles. The van der Waals surface area contributed by atoms with E-state index in [4.69, 9.17) is 33.3 Å². The van der Waals surface area contributed by atoms with Crippen molar-refractivity contribution in [3.63, 3.8) is 0 Å². The van der Waals surface area contributed by atoms with Gasteiger partial charge < -0.3 is 14.8 Å². The molecule has 0 unspecified atom stereocenters. The van der Waals surface area contributed by atoms with Gasteiger partial charge in [0.05, 0.1) is 13.0 Å². The summed E-state index contributed by atoms with van der Waals surface area (Å²) in [5.41, 5.74) is 5.09. The van der Waals surface area contributed by atoms with Gasteiger partial charge in [0.25, 0.3) is 5.91 Å². The van der Waals surface area contributed by atoms with Gasteiger partial charge >= 0.3 is 5.97 Å². The number of rotatable bonds is 7. The molecule has 136 valence electrons. The highest BCUT2D eigenvalue weighted by molar-refractivity contribution is 7.80. The van der Waals surface area contributed by atoms with Crippen molar-refractivity contribution in [1.82, 2.24) is 16.2 Å². The lowest BCUT2D eigenvalue weighted by atomic mass is 10.2. The standard InChI is InChI=1S/C15H18ClN3O5S/c1-23-8-9-24-13(21)7-6-12(20)17-15(25)19-18-14(22)10-2-4-11(16)5-3-10/h2-5H,6-9H2,1H3,(H,18,22)(H2,17,19,20,25). The van der Waals surface area contributed by atoms with Crippen molar-refractivity contribution < 1.29 is 23.9 Å². The lowest BCUT2D eigenvalue weighted by Crippen LogP contribution is -2.48. The van der Waals surface area contributed by atoms with Crippen LogP contribution in [0.25, 0.3) is 0 Å². The second-order valence-corrected chi connectivity index (χ2v) is 5.52. The number of hydrazine groups is 1. The Kier molecular flexibility index (Phi) is 9.45. The number of thiocarbonyl (C=S) groups is 1. The number of halogens is 1. The Hall–Kier alpha value is -2.23. The van der Waals surface area contributed by atoms with Crippen LogP contribution in [0.4, 0.5) is 0 Å². The topological polar surface area (TPSA) is 106 Å². The van der Waals surface area contributed by atoms with Crippen LogP contribution < -0.4 is 16.2 Å². The highest BCUT2D eigenvalue weighted by Crippen LogP contribution is 2.08. The maximum atomic E-state index is 11.8. The Morgan fingerprint density at radius 2 is 1.76 bits per heavy atom. The molecular formula is C15H18ClN3O5S. The zero-order valence-corrected chi connectivity index (χ0v) is 15.0. The highest BCUT2D eigenvalue weighted by atomic mass is 35.5. The van der Waals surface area contributed by atoms with Gasteiger partial charge in [-0.15, -0.1) is 0 Å². The van der Waals surface area contributed by atoms with Crippen molar-refractivity contribution in [2.24, 2.45) is 0 Å². The zero-order valence-electron chi connectivity index (χ0n) is 13.5. The molecule has 25 heavy (non-hydrogen) atoms. The summed E-state index contributed by atoms with van der Waals surface area (Å²) in [6.45, 7) is 0.424. The fraction of sp³-hybridized carbons (Fsp3) is 0.333. The Morgan fingerprint density at radius 1 is 1.08 bits per heavy atom. The second kappa shape index (κ2) is 11.3. The summed E-state index contributed by atoms with van der Waals surface area (Å²) in [5, 5.41) is 2.74. The number of hydrogen-bond donors (Lipinski definition) is 3. The first kappa shape index (κ1) is 20.8. The van der Waals surface area contributed by atoms with E-state index in [0.29, 0.717) is 17.2 Å². The summed E-state index contributed by atoms with van der Waals surface area (Å²) in [6.07, 6.45) is -0.186. The van der Waals surface area contributed by atoms with E-state index in [9.17, 15) is 14.4 Å². The van der Waals surface area contributed by atoms with Crippen molar-refractivity contribution in [3.8, 4) is 0 Å². The lowest BCUT2D eigenvalue weighted by molar-refractivity contribution is -0.146. The summed E-state index contributed by atoms with van der Waals surface area (Å²) in [4.78, 5) is 34.8. The molecule has 0 aliphatic carbocycles. The average molecular weight is 388 g/mol. The molecule has 1 aromatic rings. The summed E-state index contributed by atoms with van der Waals surface area (Å²) in [6, 6.07) is 6.22. The van der Waals surface area contributed by atoms with Gasteiger partial charge in [0.15, 0.2) is 5.11 Å². The van der Waals surface area contributed by atoms with Gasteiger partial charge in [-0.2, -0.15) is 0 Å². The molecule has 0 saturated carbocycles. The third-order valence-corrected chi connectivity index (χ3v) is 3.21. The van der Waals surface area contributed by atoms with E-state index in [1.807, 2.05) is 0 Å². The molecule has 0 aromatic heterocycles. The number of hydrogen-bond acceptors (Lipinski definition) is 6. The Bertz CT molecular complexity index is 624. The maximum absolute atomic E-state index is 11.8. The maximum Gasteiger partial charge on any atom is 0.306 e. The predicted octanol–water partition coefficient (Wildman–Crippen LogP) is 0.945. The monoisotopic (exact) mass is 387 g/mol. The van der Waals surface area contributed by atoms with E-state index in [-0.39, 0.29) is 24.6 Å². The van der Waals surface area contributed by atoms with Crippen molar-refractivity contribution in [2.75, 3.05) is 20.3 Å². The SMILES string of the molecule is COCCOC(=O)CCC(=O)NC(=S)NNC(=O)c1ccc(Cl)cc1. The van der Waals surface area contributed by atoms with E-state index >= 15 is 0 Å². The van der Waals surface area contributed by atoms with Crippen LogP contribution in [0.1, 0.15) is 23.2 Å². The minimum absolute atomic E-state index is 0.0880. The van der Waals surface area contributed by atoms with Gasteiger partial charge in [0.1, 0.15) is 6.61 Å². The van der Waals surface area contributed by atoms with Gasteiger partial charge in [-0.1, -0.05) is 11.6 Å². The van der Waals surface area contributed by atoms with Gasteiger partial charge in [-0.05, 0) is 36.5 Å². The lowest BCUT2D eigenvalue weighted by Gasteiger charge is -2.10. The number of esters is 1. The number of ether oxygens (including phenoxy) is 2. The van der Waals surface area contributed by atoms with Gasteiger partial charge in [0, 0.05) is 24.1 Å². The molecule has 0 heterocycles. The molecule has 0 radical (unpaired) electrons. The van der Waals surface area contributed by atoms with Crippen molar-refractivity contribution >= 4 is 46.7 Å². The molecule has 3 N–H and O–H groups in total. The van der Waals surface area contributed by atoms with Crippen LogP contribution in [0.3, 0.4) is 0 Å². The summed E-state index contributed by atoms with van der Waals surface area (Å²) in [5.74, 6) is -1.45. The van der Waals surface area contributed by atoms with Crippen molar-refractivity contribution in [3.05, 3.63) is 34.9 Å².